The lowest BCUT2D eigenvalue weighted by molar-refractivity contribution is 0.415. The van der Waals surface area contributed by atoms with E-state index in [1.165, 1.54) is 31.4 Å². The van der Waals surface area contributed by atoms with Gasteiger partial charge in [-0.15, -0.1) is 0 Å². The summed E-state index contributed by atoms with van der Waals surface area (Å²) >= 11 is 0. The molecule has 0 unspecified atom stereocenters. The van der Waals surface area contributed by atoms with Crippen LogP contribution in [-0.2, 0) is 20.0 Å². The first kappa shape index (κ1) is 13.8. The van der Waals surface area contributed by atoms with Crippen LogP contribution in [0.15, 0.2) is 24.3 Å². The van der Waals surface area contributed by atoms with Crippen molar-refractivity contribution in [3.8, 4) is 5.75 Å². The first-order chi connectivity index (χ1) is 7.66. The number of nitrogens with zero attached hydrogens (tertiary/aromatic N) is 1. The average Bonchev–Trinajstić information content (AvgIpc) is 2.14. The highest BCUT2D eigenvalue weighted by molar-refractivity contribution is 8.09. The molecule has 0 radical (unpaired) electrons. The zero-order valence-corrected chi connectivity index (χ0v) is 11.2. The third-order valence-corrected chi connectivity index (χ3v) is 5.14. The monoisotopic (exact) mass is 279 g/mol. The van der Waals surface area contributed by atoms with Crippen LogP contribution >= 0.6 is 0 Å². The lowest BCUT2D eigenvalue weighted by Gasteiger charge is -2.19. The summed E-state index contributed by atoms with van der Waals surface area (Å²) in [6, 6.07) is 5.69. The molecular weight excluding hydrogens is 266 g/mol. The molecule has 0 heterocycles. The molecule has 0 aromatic heterocycles. The number of hydrogen-bond donors (Lipinski definition) is 0. The molecule has 96 valence electrons. The van der Waals surface area contributed by atoms with Crippen molar-refractivity contribution >= 4 is 25.7 Å². The number of methoxy groups -OCH3 is 1. The van der Waals surface area contributed by atoms with Gasteiger partial charge in [-0.25, -0.2) is 16.8 Å². The number of ether oxygens (including phenoxy) is 1. The molecule has 0 amide bonds. The largest absolute Gasteiger partial charge is 0.497 e. The van der Waals surface area contributed by atoms with Gasteiger partial charge in [0, 0.05) is 0 Å². The summed E-state index contributed by atoms with van der Waals surface area (Å²) in [5.41, 5.74) is 0.0517. The van der Waals surface area contributed by atoms with E-state index >= 15 is 0 Å². The molecule has 0 aliphatic rings. The number of sulfonamides is 2. The highest BCUT2D eigenvalue weighted by Crippen LogP contribution is 2.23. The first-order valence-electron chi connectivity index (χ1n) is 4.51. The van der Waals surface area contributed by atoms with Gasteiger partial charge in [-0.3, -0.25) is 0 Å². The highest BCUT2D eigenvalue weighted by Gasteiger charge is 2.26. The van der Waals surface area contributed by atoms with Crippen molar-refractivity contribution in [2.24, 2.45) is 0 Å². The molecule has 1 aromatic carbocycles. The Balaban J connectivity index is 3.34. The molecule has 0 N–H and O–H groups in total. The molecule has 8 heteroatoms. The Morgan fingerprint density at radius 1 is 0.941 bits per heavy atom. The van der Waals surface area contributed by atoms with Gasteiger partial charge in [-0.05, 0) is 24.3 Å². The van der Waals surface area contributed by atoms with E-state index in [0.29, 0.717) is 9.46 Å². The minimum atomic E-state index is -3.89. The van der Waals surface area contributed by atoms with E-state index in [1.807, 2.05) is 0 Å². The van der Waals surface area contributed by atoms with Crippen molar-refractivity contribution in [3.05, 3.63) is 24.3 Å². The summed E-state index contributed by atoms with van der Waals surface area (Å²) in [5, 5.41) is 0. The van der Waals surface area contributed by atoms with E-state index in [2.05, 4.69) is 0 Å². The average molecular weight is 279 g/mol. The van der Waals surface area contributed by atoms with Crippen LogP contribution in [0, 0.1) is 0 Å². The van der Waals surface area contributed by atoms with Crippen molar-refractivity contribution in [2.75, 3.05) is 23.3 Å². The molecule has 0 spiro atoms. The third-order valence-electron chi connectivity index (χ3n) is 1.89. The van der Waals surface area contributed by atoms with Gasteiger partial charge in [0.1, 0.15) is 5.75 Å². The van der Waals surface area contributed by atoms with E-state index in [1.54, 1.807) is 0 Å². The van der Waals surface area contributed by atoms with E-state index in [-0.39, 0.29) is 5.69 Å². The van der Waals surface area contributed by atoms with Crippen LogP contribution in [0.4, 0.5) is 5.69 Å². The zero-order chi connectivity index (χ0) is 13.3. The molecule has 0 fully saturated rings. The summed E-state index contributed by atoms with van der Waals surface area (Å²) in [6.45, 7) is 0. The number of hydrogen-bond acceptors (Lipinski definition) is 5. The molecule has 1 aromatic rings. The fourth-order valence-electron chi connectivity index (χ4n) is 1.33. The molecule has 0 saturated carbocycles. The Labute approximate surface area is 101 Å². The van der Waals surface area contributed by atoms with Crippen molar-refractivity contribution < 1.29 is 21.6 Å². The maximum absolute atomic E-state index is 11.4. The van der Waals surface area contributed by atoms with Crippen molar-refractivity contribution in [1.82, 2.24) is 0 Å². The molecule has 1 rings (SSSR count). The summed E-state index contributed by atoms with van der Waals surface area (Å²) in [6.07, 6.45) is 1.66. The van der Waals surface area contributed by atoms with E-state index in [0.717, 1.165) is 12.5 Å². The smallest absolute Gasteiger partial charge is 0.245 e. The van der Waals surface area contributed by atoms with Crippen LogP contribution in [0.5, 0.6) is 5.75 Å². The van der Waals surface area contributed by atoms with Crippen LogP contribution < -0.4 is 8.45 Å². The summed E-state index contributed by atoms with van der Waals surface area (Å²) < 4.78 is 51.1. The Morgan fingerprint density at radius 3 is 1.65 bits per heavy atom. The number of anilines is 1. The van der Waals surface area contributed by atoms with Gasteiger partial charge >= 0.3 is 0 Å². The minimum absolute atomic E-state index is 0.0517. The number of benzene rings is 1. The standard InChI is InChI=1S/C9H13NO5S2/c1-15-9-6-4-8(5-7-9)10(16(2,11)12)17(3,13)14/h4-7H,1-3H3. The lowest BCUT2D eigenvalue weighted by Crippen LogP contribution is -2.35. The maximum Gasteiger partial charge on any atom is 0.245 e. The molecule has 0 atom stereocenters. The van der Waals surface area contributed by atoms with Gasteiger partial charge < -0.3 is 4.74 Å². The Kier molecular flexibility index (Phi) is 3.68. The van der Waals surface area contributed by atoms with Gasteiger partial charge in [0.25, 0.3) is 0 Å². The van der Waals surface area contributed by atoms with Gasteiger partial charge in [0.2, 0.25) is 20.0 Å². The van der Waals surface area contributed by atoms with Crippen molar-refractivity contribution in [1.29, 1.82) is 0 Å². The summed E-state index contributed by atoms with van der Waals surface area (Å²) in [5.74, 6) is 0.510. The molecule has 0 saturated heterocycles. The third kappa shape index (κ3) is 3.34. The predicted molar refractivity (Wildman–Crippen MR) is 65.2 cm³/mol. The fourth-order valence-corrected chi connectivity index (χ4v) is 4.31. The molecule has 17 heavy (non-hydrogen) atoms. The minimum Gasteiger partial charge on any atom is -0.497 e. The van der Waals surface area contributed by atoms with Crippen LogP contribution in [0.2, 0.25) is 0 Å². The highest BCUT2D eigenvalue weighted by atomic mass is 32.3. The second-order valence-corrected chi connectivity index (χ2v) is 7.31. The topological polar surface area (TPSA) is 80.8 Å². The fraction of sp³-hybridized carbons (Fsp3) is 0.333. The van der Waals surface area contributed by atoms with Crippen LogP contribution in [0.3, 0.4) is 0 Å². The second kappa shape index (κ2) is 4.53. The first-order valence-corrected chi connectivity index (χ1v) is 8.20. The van der Waals surface area contributed by atoms with Gasteiger partial charge in [0.05, 0.1) is 25.3 Å². The summed E-state index contributed by atoms with van der Waals surface area (Å²) in [4.78, 5) is 0. The number of rotatable bonds is 4. The SMILES string of the molecule is COc1ccc(N(S(C)(=O)=O)S(C)(=O)=O)cc1. The zero-order valence-electron chi connectivity index (χ0n) is 9.61. The van der Waals surface area contributed by atoms with E-state index in [4.69, 9.17) is 4.74 Å². The lowest BCUT2D eigenvalue weighted by atomic mass is 10.3. The Bertz CT molecular complexity index is 557. The van der Waals surface area contributed by atoms with E-state index in [9.17, 15) is 16.8 Å². The van der Waals surface area contributed by atoms with Crippen LogP contribution in [0.1, 0.15) is 0 Å². The molecular formula is C9H13NO5S2. The Morgan fingerprint density at radius 2 is 1.35 bits per heavy atom. The van der Waals surface area contributed by atoms with Gasteiger partial charge in [0.15, 0.2) is 0 Å². The van der Waals surface area contributed by atoms with E-state index < -0.39 is 20.0 Å². The Hall–Kier alpha value is -1.28. The predicted octanol–water partition coefficient (Wildman–Crippen LogP) is 0.421. The van der Waals surface area contributed by atoms with Gasteiger partial charge in [-0.2, -0.15) is 3.71 Å². The molecule has 0 aliphatic heterocycles. The normalized spacial score (nSPS) is 12.2. The maximum atomic E-state index is 11.4. The van der Waals surface area contributed by atoms with Crippen LogP contribution in [0.25, 0.3) is 0 Å². The van der Waals surface area contributed by atoms with Crippen molar-refractivity contribution in [2.45, 2.75) is 0 Å². The van der Waals surface area contributed by atoms with Crippen LogP contribution in [-0.4, -0.2) is 36.5 Å². The molecule has 0 aliphatic carbocycles. The van der Waals surface area contributed by atoms with Gasteiger partial charge in [-0.1, -0.05) is 0 Å². The second-order valence-electron chi connectivity index (χ2n) is 3.42. The molecule has 6 nitrogen and oxygen atoms in total. The summed E-state index contributed by atoms with van der Waals surface area (Å²) in [7, 11) is -6.32. The quantitative estimate of drug-likeness (QED) is 0.798. The molecule has 0 bridgehead atoms. The van der Waals surface area contributed by atoms with Crippen molar-refractivity contribution in [3.63, 3.8) is 0 Å².